The molecule has 0 aliphatic carbocycles. The minimum Gasteiger partial charge on any atom is -0.397 e. The number of hydrogen-bond donors (Lipinski definition) is 5. The van der Waals surface area contributed by atoms with Crippen LogP contribution in [0.5, 0.6) is 0 Å². The van der Waals surface area contributed by atoms with Gasteiger partial charge in [-0.05, 0) is 123 Å². The summed E-state index contributed by atoms with van der Waals surface area (Å²) in [5.41, 5.74) is 13.8. The molecule has 0 radical (unpaired) electrons. The molecule has 6 N–H and O–H groups in total. The summed E-state index contributed by atoms with van der Waals surface area (Å²) >= 11 is 7.87. The van der Waals surface area contributed by atoms with Crippen LogP contribution in [0.3, 0.4) is 0 Å². The first-order valence-electron chi connectivity index (χ1n) is 21.4. The monoisotopic (exact) mass is 911 g/mol. The van der Waals surface area contributed by atoms with Crippen molar-refractivity contribution in [3.05, 3.63) is 137 Å². The number of carbonyl (C=O) groups is 2. The zero-order valence-electron chi connectivity index (χ0n) is 35.7. The lowest BCUT2D eigenvalue weighted by Crippen LogP contribution is -2.46. The van der Waals surface area contributed by atoms with Gasteiger partial charge in [-0.15, -0.1) is 11.8 Å². The summed E-state index contributed by atoms with van der Waals surface area (Å²) < 4.78 is 29.1. The zero-order valence-corrected chi connectivity index (χ0v) is 38.1. The molecule has 5 aromatic carbocycles. The van der Waals surface area contributed by atoms with Crippen molar-refractivity contribution in [2.24, 2.45) is 0 Å². The van der Waals surface area contributed by atoms with E-state index in [2.05, 4.69) is 80.3 Å². The van der Waals surface area contributed by atoms with Crippen LogP contribution >= 0.6 is 23.4 Å². The van der Waals surface area contributed by atoms with Gasteiger partial charge in [0.2, 0.25) is 5.91 Å². The van der Waals surface area contributed by atoms with Crippen LogP contribution in [0.4, 0.5) is 17.1 Å². The molecule has 1 aliphatic rings. The molecule has 0 aromatic heterocycles. The number of nitrogens with one attached hydrogen (secondary N) is 3. The topological polar surface area (TPSA) is 160 Å². The predicted octanol–water partition coefficient (Wildman–Crippen LogP) is 8.38. The Labute approximate surface area is 381 Å². The number of thioether (sulfide) groups is 1. The fourth-order valence-electron chi connectivity index (χ4n) is 7.57. The molecule has 334 valence electrons. The number of nitrogen functional groups attached to an aromatic ring is 1. The average molecular weight is 913 g/mol. The lowest BCUT2D eigenvalue weighted by molar-refractivity contribution is -0.129. The number of sulfonamides is 1. The van der Waals surface area contributed by atoms with Crippen molar-refractivity contribution in [3.63, 3.8) is 0 Å². The third-order valence-electron chi connectivity index (χ3n) is 11.2. The molecule has 0 bridgehead atoms. The third kappa shape index (κ3) is 14.5. The summed E-state index contributed by atoms with van der Waals surface area (Å²) in [6, 6.07) is 38.1. The standard InChI is InChI=1S/C48H58ClN7O5S2/c1-54(27-10-3-2-7-15-47(57)52-59)28-26-40(35-62-42-12-5-4-6-13-42)51-46-25-24-43(33-45(46)50)63(60,61)53-48(58)37-18-22-41(23-19-37)56-31-29-55(30-32-56)34-38-11-8-9-14-44(38)36-16-20-39(49)21-17-36/h4-6,8-9,11-14,16-25,33,40,51,59H,2-3,7,10,15,26-32,34-35,50H2,1H3,(H,52,57)(H,53,58). The Morgan fingerprint density at radius 3 is 2.25 bits per heavy atom. The number of hydroxylamine groups is 1. The van der Waals surface area contributed by atoms with E-state index in [1.165, 1.54) is 23.3 Å². The number of piperazine rings is 1. The number of anilines is 3. The van der Waals surface area contributed by atoms with Crippen molar-refractivity contribution < 1.29 is 23.2 Å². The van der Waals surface area contributed by atoms with Gasteiger partial charge in [0.15, 0.2) is 0 Å². The Hall–Kier alpha value is -5.09. The van der Waals surface area contributed by atoms with Crippen molar-refractivity contribution >= 4 is 62.3 Å². The highest BCUT2D eigenvalue weighted by Gasteiger charge is 2.23. The molecule has 2 amide bonds. The third-order valence-corrected chi connectivity index (χ3v) is 14.0. The molecule has 1 unspecified atom stereocenters. The van der Waals surface area contributed by atoms with Gasteiger partial charge in [-0.25, -0.2) is 18.6 Å². The number of halogens is 1. The zero-order chi connectivity index (χ0) is 44.6. The van der Waals surface area contributed by atoms with Gasteiger partial charge >= 0.3 is 0 Å². The fraction of sp³-hybridized carbons (Fsp3) is 0.333. The second-order valence-corrected chi connectivity index (χ2v) is 19.1. The molecule has 0 spiro atoms. The summed E-state index contributed by atoms with van der Waals surface area (Å²) in [6.07, 6.45) is 4.80. The minimum absolute atomic E-state index is 0.0224. The van der Waals surface area contributed by atoms with Crippen LogP contribution in [-0.4, -0.2) is 93.4 Å². The van der Waals surface area contributed by atoms with Gasteiger partial charge in [0.25, 0.3) is 15.9 Å². The van der Waals surface area contributed by atoms with E-state index in [0.29, 0.717) is 17.1 Å². The number of amides is 2. The molecular weight excluding hydrogens is 854 g/mol. The Balaban J connectivity index is 0.996. The Morgan fingerprint density at radius 1 is 0.841 bits per heavy atom. The van der Waals surface area contributed by atoms with Crippen LogP contribution in [0, 0.1) is 0 Å². The molecule has 0 saturated carbocycles. The van der Waals surface area contributed by atoms with Crippen molar-refractivity contribution in [1.29, 1.82) is 0 Å². The molecule has 1 saturated heterocycles. The largest absolute Gasteiger partial charge is 0.397 e. The lowest BCUT2D eigenvalue weighted by Gasteiger charge is -2.36. The number of nitrogens with zero attached hydrogens (tertiary/aromatic N) is 3. The maximum atomic E-state index is 13.5. The summed E-state index contributed by atoms with van der Waals surface area (Å²) in [4.78, 5) is 32.5. The number of benzene rings is 5. The Bertz CT molecular complexity index is 2350. The van der Waals surface area contributed by atoms with Crippen molar-refractivity contribution in [3.8, 4) is 11.1 Å². The van der Waals surface area contributed by atoms with Crippen LogP contribution in [0.1, 0.15) is 54.4 Å². The molecule has 6 rings (SSSR count). The van der Waals surface area contributed by atoms with Gasteiger partial charge in [0, 0.05) is 72.1 Å². The molecule has 12 nitrogen and oxygen atoms in total. The highest BCUT2D eigenvalue weighted by molar-refractivity contribution is 7.99. The van der Waals surface area contributed by atoms with E-state index >= 15 is 0 Å². The van der Waals surface area contributed by atoms with Gasteiger partial charge in [0.1, 0.15) is 0 Å². The normalized spacial score (nSPS) is 13.7. The quantitative estimate of drug-likeness (QED) is 0.0149. The highest BCUT2D eigenvalue weighted by atomic mass is 35.5. The summed E-state index contributed by atoms with van der Waals surface area (Å²) in [5.74, 6) is -0.315. The maximum Gasteiger partial charge on any atom is 0.264 e. The van der Waals surface area contributed by atoms with Crippen LogP contribution in [0.25, 0.3) is 11.1 Å². The second kappa shape index (κ2) is 23.6. The predicted molar refractivity (Wildman–Crippen MR) is 256 cm³/mol. The van der Waals surface area contributed by atoms with E-state index in [-0.39, 0.29) is 28.1 Å². The number of nitrogens with two attached hydrogens (primary N) is 1. The Kier molecular flexibility index (Phi) is 17.7. The summed E-state index contributed by atoms with van der Waals surface area (Å²) in [6.45, 7) is 5.95. The van der Waals surface area contributed by atoms with Gasteiger partial charge < -0.3 is 20.9 Å². The molecule has 1 heterocycles. The maximum absolute atomic E-state index is 13.5. The number of carbonyl (C=O) groups excluding carboxylic acids is 2. The molecule has 1 aliphatic heterocycles. The number of hydrogen-bond acceptors (Lipinski definition) is 11. The van der Waals surface area contributed by atoms with Crippen molar-refractivity contribution in [1.82, 2.24) is 20.0 Å². The SMILES string of the molecule is CN(CCCCCCC(=O)NO)CCC(CSc1ccccc1)Nc1ccc(S(=O)(=O)NC(=O)c2ccc(N3CCN(Cc4ccccc4-c4ccc(Cl)cc4)CC3)cc2)cc1N. The van der Waals surface area contributed by atoms with Crippen LogP contribution in [0.2, 0.25) is 5.02 Å². The van der Waals surface area contributed by atoms with E-state index in [4.69, 9.17) is 22.5 Å². The molecule has 1 atom stereocenters. The van der Waals surface area contributed by atoms with Gasteiger partial charge in [-0.1, -0.05) is 79.0 Å². The lowest BCUT2D eigenvalue weighted by atomic mass is 9.99. The van der Waals surface area contributed by atoms with E-state index in [0.717, 1.165) is 99.8 Å². The van der Waals surface area contributed by atoms with Crippen LogP contribution in [-0.2, 0) is 21.4 Å². The van der Waals surface area contributed by atoms with Crippen molar-refractivity contribution in [2.45, 2.75) is 60.9 Å². The van der Waals surface area contributed by atoms with E-state index in [1.54, 1.807) is 35.4 Å². The first kappa shape index (κ1) is 47.4. The second-order valence-electron chi connectivity index (χ2n) is 15.9. The Morgan fingerprint density at radius 2 is 1.54 bits per heavy atom. The molecule has 1 fully saturated rings. The molecule has 15 heteroatoms. The minimum atomic E-state index is -4.22. The summed E-state index contributed by atoms with van der Waals surface area (Å²) in [5, 5.41) is 12.9. The highest BCUT2D eigenvalue weighted by Crippen LogP contribution is 2.29. The van der Waals surface area contributed by atoms with E-state index in [9.17, 15) is 18.0 Å². The van der Waals surface area contributed by atoms with Gasteiger partial charge in [0.05, 0.1) is 16.3 Å². The van der Waals surface area contributed by atoms with Crippen molar-refractivity contribution in [2.75, 3.05) is 68.0 Å². The fourth-order valence-corrected chi connectivity index (χ4v) is 9.70. The molecular formula is C48H58ClN7O5S2. The molecule has 63 heavy (non-hydrogen) atoms. The summed E-state index contributed by atoms with van der Waals surface area (Å²) in [7, 11) is -2.13. The van der Waals surface area contributed by atoms with Crippen LogP contribution < -0.4 is 26.2 Å². The van der Waals surface area contributed by atoms with E-state index in [1.807, 2.05) is 42.5 Å². The first-order chi connectivity index (χ1) is 30.5. The molecule has 5 aromatic rings. The number of rotatable bonds is 22. The number of unbranched alkanes of at least 4 members (excludes halogenated alkanes) is 3. The smallest absolute Gasteiger partial charge is 0.264 e. The van der Waals surface area contributed by atoms with Crippen LogP contribution in [0.15, 0.2) is 131 Å². The van der Waals surface area contributed by atoms with Gasteiger partial charge in [-0.3, -0.25) is 19.7 Å². The average Bonchev–Trinajstić information content (AvgIpc) is 3.29. The van der Waals surface area contributed by atoms with E-state index < -0.39 is 15.9 Å². The first-order valence-corrected chi connectivity index (χ1v) is 24.3. The van der Waals surface area contributed by atoms with Gasteiger partial charge in [-0.2, -0.15) is 0 Å².